The Morgan fingerprint density at radius 3 is 2.65 bits per heavy atom. The maximum Gasteiger partial charge on any atom is 0.251 e. The summed E-state index contributed by atoms with van der Waals surface area (Å²) in [6.45, 7) is 0. The molecule has 2 N–H and O–H groups in total. The zero-order chi connectivity index (χ0) is 18.7. The standard InChI is InChI=1S/C19H16F2N2O3/c1-26-14-4-6-17-12(9-14)8-11(19(25)23-17)2-7-18(24)22-13-3-5-15(20)16(21)10-13/h3-6,8-10H,2,7H2,1H3,(H,22,24)(H,23,25). The van der Waals surface area contributed by atoms with Crippen molar-refractivity contribution in [3.05, 3.63) is 70.0 Å². The fourth-order valence-electron chi connectivity index (χ4n) is 2.59. The Hall–Kier alpha value is -3.22. The maximum atomic E-state index is 13.2. The zero-order valence-electron chi connectivity index (χ0n) is 13.9. The highest BCUT2D eigenvalue weighted by molar-refractivity contribution is 5.91. The van der Waals surface area contributed by atoms with Crippen LogP contribution in [0.15, 0.2) is 47.3 Å². The molecule has 134 valence electrons. The van der Waals surface area contributed by atoms with Gasteiger partial charge in [0.1, 0.15) is 5.75 Å². The molecule has 3 rings (SSSR count). The molecule has 1 amide bonds. The number of H-pyrrole nitrogens is 1. The van der Waals surface area contributed by atoms with Crippen molar-refractivity contribution in [2.45, 2.75) is 12.8 Å². The lowest BCUT2D eigenvalue weighted by Gasteiger charge is -2.07. The molecule has 0 saturated heterocycles. The molecule has 26 heavy (non-hydrogen) atoms. The molecular formula is C19H16F2N2O3. The van der Waals surface area contributed by atoms with Crippen molar-refractivity contribution in [3.63, 3.8) is 0 Å². The highest BCUT2D eigenvalue weighted by atomic mass is 19.2. The molecule has 0 fully saturated rings. The van der Waals surface area contributed by atoms with Gasteiger partial charge in [-0.1, -0.05) is 0 Å². The third kappa shape index (κ3) is 3.88. The van der Waals surface area contributed by atoms with E-state index in [0.29, 0.717) is 16.8 Å². The number of methoxy groups -OCH3 is 1. The molecular weight excluding hydrogens is 342 g/mol. The Balaban J connectivity index is 1.72. The number of aryl methyl sites for hydroxylation is 1. The van der Waals surface area contributed by atoms with E-state index < -0.39 is 17.5 Å². The monoisotopic (exact) mass is 358 g/mol. The molecule has 0 radical (unpaired) electrons. The minimum Gasteiger partial charge on any atom is -0.497 e. The van der Waals surface area contributed by atoms with Gasteiger partial charge in [-0.2, -0.15) is 0 Å². The van der Waals surface area contributed by atoms with Gasteiger partial charge in [0, 0.05) is 34.6 Å². The highest BCUT2D eigenvalue weighted by Crippen LogP contribution is 2.19. The smallest absolute Gasteiger partial charge is 0.251 e. The molecule has 0 spiro atoms. The van der Waals surface area contributed by atoms with Crippen LogP contribution < -0.4 is 15.6 Å². The lowest BCUT2D eigenvalue weighted by atomic mass is 10.1. The summed E-state index contributed by atoms with van der Waals surface area (Å²) in [5, 5.41) is 3.27. The van der Waals surface area contributed by atoms with Crippen LogP contribution in [0, 0.1) is 11.6 Å². The van der Waals surface area contributed by atoms with Crippen LogP contribution in [0.4, 0.5) is 14.5 Å². The second-order valence-corrected chi connectivity index (χ2v) is 5.75. The Kier molecular flexibility index (Phi) is 4.97. The van der Waals surface area contributed by atoms with Crippen molar-refractivity contribution in [2.75, 3.05) is 12.4 Å². The van der Waals surface area contributed by atoms with E-state index in [-0.39, 0.29) is 24.1 Å². The number of aromatic nitrogens is 1. The van der Waals surface area contributed by atoms with Gasteiger partial charge in [-0.25, -0.2) is 8.78 Å². The Morgan fingerprint density at radius 2 is 1.92 bits per heavy atom. The number of carbonyl (C=O) groups is 1. The number of nitrogens with one attached hydrogen (secondary N) is 2. The average Bonchev–Trinajstić information content (AvgIpc) is 2.62. The minimum atomic E-state index is -1.04. The second-order valence-electron chi connectivity index (χ2n) is 5.75. The topological polar surface area (TPSA) is 71.2 Å². The van der Waals surface area contributed by atoms with Crippen LogP contribution in [-0.4, -0.2) is 18.0 Å². The number of anilines is 1. The van der Waals surface area contributed by atoms with E-state index in [1.54, 1.807) is 31.4 Å². The fourth-order valence-corrected chi connectivity index (χ4v) is 2.59. The number of fused-ring (bicyclic) bond motifs is 1. The molecule has 0 aliphatic carbocycles. The molecule has 0 aliphatic heterocycles. The molecule has 0 bridgehead atoms. The summed E-state index contributed by atoms with van der Waals surface area (Å²) in [5.41, 5.74) is 1.01. The lowest BCUT2D eigenvalue weighted by Crippen LogP contribution is -2.17. The van der Waals surface area contributed by atoms with Gasteiger partial charge < -0.3 is 15.0 Å². The van der Waals surface area contributed by atoms with Crippen molar-refractivity contribution in [3.8, 4) is 5.75 Å². The number of rotatable bonds is 5. The zero-order valence-corrected chi connectivity index (χ0v) is 13.9. The number of benzene rings is 2. The Bertz CT molecular complexity index is 1030. The molecule has 1 aromatic heterocycles. The summed E-state index contributed by atoms with van der Waals surface area (Å²) in [5.74, 6) is -1.77. The summed E-state index contributed by atoms with van der Waals surface area (Å²) in [4.78, 5) is 26.9. The van der Waals surface area contributed by atoms with E-state index in [0.717, 1.165) is 17.5 Å². The molecule has 0 aliphatic rings. The number of hydrogen-bond acceptors (Lipinski definition) is 3. The highest BCUT2D eigenvalue weighted by Gasteiger charge is 2.09. The molecule has 5 nitrogen and oxygen atoms in total. The average molecular weight is 358 g/mol. The maximum absolute atomic E-state index is 13.2. The molecule has 3 aromatic rings. The van der Waals surface area contributed by atoms with Gasteiger partial charge in [0.05, 0.1) is 7.11 Å². The van der Waals surface area contributed by atoms with Crippen LogP contribution in [0.3, 0.4) is 0 Å². The SMILES string of the molecule is COc1ccc2[nH]c(=O)c(CCC(=O)Nc3ccc(F)c(F)c3)cc2c1. The van der Waals surface area contributed by atoms with Crippen molar-refractivity contribution in [1.82, 2.24) is 4.98 Å². The van der Waals surface area contributed by atoms with Crippen LogP contribution in [-0.2, 0) is 11.2 Å². The number of ether oxygens (including phenoxy) is 1. The summed E-state index contributed by atoms with van der Waals surface area (Å²) in [6.07, 6.45) is 0.232. The summed E-state index contributed by atoms with van der Waals surface area (Å²) in [6, 6.07) is 10.1. The first kappa shape index (κ1) is 17.6. The van der Waals surface area contributed by atoms with Crippen molar-refractivity contribution in [2.24, 2.45) is 0 Å². The summed E-state index contributed by atoms with van der Waals surface area (Å²) >= 11 is 0. The van der Waals surface area contributed by atoms with Gasteiger partial charge in [-0.15, -0.1) is 0 Å². The second kappa shape index (κ2) is 7.35. The number of aromatic amines is 1. The van der Waals surface area contributed by atoms with Gasteiger partial charge in [0.25, 0.3) is 5.56 Å². The number of pyridine rings is 1. The third-order valence-corrected chi connectivity index (χ3v) is 3.95. The number of carbonyl (C=O) groups excluding carboxylic acids is 1. The summed E-state index contributed by atoms with van der Waals surface area (Å²) in [7, 11) is 1.55. The third-order valence-electron chi connectivity index (χ3n) is 3.95. The molecule has 0 unspecified atom stereocenters. The van der Waals surface area contributed by atoms with Crippen LogP contribution in [0.1, 0.15) is 12.0 Å². The van der Waals surface area contributed by atoms with E-state index in [4.69, 9.17) is 4.74 Å². The van der Waals surface area contributed by atoms with Gasteiger partial charge in [-0.05, 0) is 42.8 Å². The van der Waals surface area contributed by atoms with E-state index in [2.05, 4.69) is 10.3 Å². The molecule has 0 atom stereocenters. The van der Waals surface area contributed by atoms with Gasteiger partial charge in [0.15, 0.2) is 11.6 Å². The van der Waals surface area contributed by atoms with E-state index in [1.165, 1.54) is 6.07 Å². The van der Waals surface area contributed by atoms with E-state index in [1.807, 2.05) is 0 Å². The normalized spacial score (nSPS) is 10.7. The van der Waals surface area contributed by atoms with Crippen molar-refractivity contribution in [1.29, 1.82) is 0 Å². The number of amides is 1. The van der Waals surface area contributed by atoms with Crippen molar-refractivity contribution < 1.29 is 18.3 Å². The van der Waals surface area contributed by atoms with E-state index >= 15 is 0 Å². The predicted octanol–water partition coefficient (Wildman–Crippen LogP) is 3.39. The predicted molar refractivity (Wildman–Crippen MR) is 94.4 cm³/mol. The quantitative estimate of drug-likeness (QED) is 0.734. The Morgan fingerprint density at radius 1 is 1.12 bits per heavy atom. The number of halogens is 2. The van der Waals surface area contributed by atoms with Crippen molar-refractivity contribution >= 4 is 22.5 Å². The molecule has 7 heteroatoms. The van der Waals surface area contributed by atoms with Crippen LogP contribution >= 0.6 is 0 Å². The lowest BCUT2D eigenvalue weighted by molar-refractivity contribution is -0.116. The minimum absolute atomic E-state index is 0.0253. The first-order chi connectivity index (χ1) is 12.5. The number of hydrogen-bond donors (Lipinski definition) is 2. The molecule has 2 aromatic carbocycles. The molecule has 1 heterocycles. The van der Waals surface area contributed by atoms with Gasteiger partial charge in [0.2, 0.25) is 5.91 Å². The van der Waals surface area contributed by atoms with Gasteiger partial charge >= 0.3 is 0 Å². The first-order valence-corrected chi connectivity index (χ1v) is 7.91. The summed E-state index contributed by atoms with van der Waals surface area (Å²) < 4.78 is 31.2. The van der Waals surface area contributed by atoms with Crippen LogP contribution in [0.2, 0.25) is 0 Å². The first-order valence-electron chi connectivity index (χ1n) is 7.91. The van der Waals surface area contributed by atoms with Crippen LogP contribution in [0.25, 0.3) is 10.9 Å². The Labute approximate surface area is 147 Å². The molecule has 0 saturated carbocycles. The van der Waals surface area contributed by atoms with E-state index in [9.17, 15) is 18.4 Å². The fraction of sp³-hybridized carbons (Fsp3) is 0.158. The van der Waals surface area contributed by atoms with Crippen LogP contribution in [0.5, 0.6) is 5.75 Å². The van der Waals surface area contributed by atoms with Gasteiger partial charge in [-0.3, -0.25) is 9.59 Å². The largest absolute Gasteiger partial charge is 0.497 e.